The molecule has 2 rings (SSSR count). The van der Waals surface area contributed by atoms with Gasteiger partial charge in [0.25, 0.3) is 0 Å². The van der Waals surface area contributed by atoms with Gasteiger partial charge in [-0.2, -0.15) is 0 Å². The fourth-order valence-corrected chi connectivity index (χ4v) is 4.03. The van der Waals surface area contributed by atoms with Gasteiger partial charge in [-0.25, -0.2) is 13.1 Å². The lowest BCUT2D eigenvalue weighted by Crippen LogP contribution is -2.34. The molecule has 0 spiro atoms. The molecule has 0 saturated heterocycles. The zero-order chi connectivity index (χ0) is 18.6. The molecule has 1 N–H and O–H groups in total. The Labute approximate surface area is 149 Å². The van der Waals surface area contributed by atoms with Crippen LogP contribution < -0.4 is 9.46 Å². The molecule has 7 nitrogen and oxygen atoms in total. The number of likely N-dealkylation sites (N-methyl/N-ethyl adjacent to an activating group) is 1. The van der Waals surface area contributed by atoms with Crippen LogP contribution in [0.3, 0.4) is 0 Å². The van der Waals surface area contributed by atoms with Gasteiger partial charge in [-0.3, -0.25) is 0 Å². The van der Waals surface area contributed by atoms with Crippen LogP contribution in [0.2, 0.25) is 0 Å². The second-order valence-electron chi connectivity index (χ2n) is 5.99. The summed E-state index contributed by atoms with van der Waals surface area (Å²) in [5.74, 6) is 1.08. The normalized spacial score (nSPS) is 13.2. The third-order valence-electron chi connectivity index (χ3n) is 3.90. The van der Waals surface area contributed by atoms with Gasteiger partial charge in [-0.15, -0.1) is 0 Å². The molecule has 8 heteroatoms. The Morgan fingerprint density at radius 3 is 2.36 bits per heavy atom. The lowest BCUT2D eigenvalue weighted by molar-refractivity contribution is 0.298. The highest BCUT2D eigenvalue weighted by atomic mass is 32.2. The van der Waals surface area contributed by atoms with Gasteiger partial charge in [-0.1, -0.05) is 17.3 Å². The summed E-state index contributed by atoms with van der Waals surface area (Å²) >= 11 is 0. The molecule has 0 amide bonds. The van der Waals surface area contributed by atoms with Crippen molar-refractivity contribution in [2.75, 3.05) is 27.2 Å². The monoisotopic (exact) mass is 367 g/mol. The van der Waals surface area contributed by atoms with Gasteiger partial charge in [0.05, 0.1) is 6.61 Å². The number of benzene rings is 1. The lowest BCUT2D eigenvalue weighted by Gasteiger charge is -2.25. The summed E-state index contributed by atoms with van der Waals surface area (Å²) in [6.45, 7) is 5.96. The first-order valence-electron chi connectivity index (χ1n) is 8.08. The van der Waals surface area contributed by atoms with Crippen LogP contribution in [-0.2, 0) is 10.0 Å². The smallest absolute Gasteiger partial charge is 0.246 e. The van der Waals surface area contributed by atoms with Crippen molar-refractivity contribution in [1.29, 1.82) is 0 Å². The fourth-order valence-electron chi connectivity index (χ4n) is 2.67. The number of rotatable bonds is 8. The predicted molar refractivity (Wildman–Crippen MR) is 95.2 cm³/mol. The van der Waals surface area contributed by atoms with Gasteiger partial charge in [0, 0.05) is 12.6 Å². The summed E-state index contributed by atoms with van der Waals surface area (Å²) < 4.78 is 38.2. The third-order valence-corrected chi connectivity index (χ3v) is 5.57. The quantitative estimate of drug-likeness (QED) is 0.770. The van der Waals surface area contributed by atoms with E-state index in [0.29, 0.717) is 12.3 Å². The molecule has 0 radical (unpaired) electrons. The average Bonchev–Trinajstić information content (AvgIpc) is 2.88. The van der Waals surface area contributed by atoms with Crippen molar-refractivity contribution >= 4 is 10.0 Å². The molecule has 0 fully saturated rings. The number of hydrogen-bond donors (Lipinski definition) is 1. The molecule has 0 saturated carbocycles. The van der Waals surface area contributed by atoms with Crippen molar-refractivity contribution in [1.82, 2.24) is 14.8 Å². The zero-order valence-corrected chi connectivity index (χ0v) is 16.1. The molecule has 0 aliphatic heterocycles. The van der Waals surface area contributed by atoms with Crippen molar-refractivity contribution in [2.45, 2.75) is 31.7 Å². The number of aryl methyl sites for hydroxylation is 2. The summed E-state index contributed by atoms with van der Waals surface area (Å²) in [6.07, 6.45) is 0. The molecule has 1 aromatic heterocycles. The Kier molecular flexibility index (Phi) is 6.21. The maximum absolute atomic E-state index is 12.6. The number of nitrogens with zero attached hydrogens (tertiary/aromatic N) is 2. The predicted octanol–water partition coefficient (Wildman–Crippen LogP) is 2.27. The standard InChI is InChI=1S/C17H25N3O4S/c1-6-23-15-9-7-14(8-10-15)16(20(4)5)11-18-25(21,22)17-12(2)19-24-13(17)3/h7-10,16,18H,6,11H2,1-5H3. The first-order valence-corrected chi connectivity index (χ1v) is 9.56. The Morgan fingerprint density at radius 1 is 1.24 bits per heavy atom. The molecule has 1 atom stereocenters. The fraction of sp³-hybridized carbons (Fsp3) is 0.471. The van der Waals surface area contributed by atoms with Crippen LogP contribution in [0.1, 0.15) is 30.0 Å². The maximum Gasteiger partial charge on any atom is 0.246 e. The van der Waals surface area contributed by atoms with Crippen molar-refractivity contribution in [3.8, 4) is 5.75 Å². The first-order chi connectivity index (χ1) is 11.8. The van der Waals surface area contributed by atoms with Gasteiger partial charge in [0.15, 0.2) is 5.76 Å². The second-order valence-corrected chi connectivity index (χ2v) is 7.69. The third kappa shape index (κ3) is 4.59. The molecular weight excluding hydrogens is 342 g/mol. The van der Waals surface area contributed by atoms with Crippen molar-refractivity contribution in [2.24, 2.45) is 0 Å². The highest BCUT2D eigenvalue weighted by molar-refractivity contribution is 7.89. The van der Waals surface area contributed by atoms with E-state index >= 15 is 0 Å². The van der Waals surface area contributed by atoms with E-state index in [-0.39, 0.29) is 23.2 Å². The summed E-state index contributed by atoms with van der Waals surface area (Å²) in [6, 6.07) is 7.54. The Bertz CT molecular complexity index is 778. The van der Waals surface area contributed by atoms with Crippen LogP contribution in [-0.4, -0.2) is 45.7 Å². The van der Waals surface area contributed by atoms with E-state index in [0.717, 1.165) is 11.3 Å². The number of sulfonamides is 1. The van der Waals surface area contributed by atoms with Crippen LogP contribution in [0, 0.1) is 13.8 Å². The topological polar surface area (TPSA) is 84.7 Å². The van der Waals surface area contributed by atoms with E-state index in [1.807, 2.05) is 50.2 Å². The van der Waals surface area contributed by atoms with E-state index in [4.69, 9.17) is 9.26 Å². The molecule has 0 aliphatic carbocycles. The summed E-state index contributed by atoms with van der Waals surface area (Å²) in [5.41, 5.74) is 1.35. The summed E-state index contributed by atoms with van der Waals surface area (Å²) in [4.78, 5) is 2.07. The number of hydrogen-bond acceptors (Lipinski definition) is 6. The van der Waals surface area contributed by atoms with E-state index in [9.17, 15) is 8.42 Å². The SMILES string of the molecule is CCOc1ccc(C(CNS(=O)(=O)c2c(C)noc2C)N(C)C)cc1. The Morgan fingerprint density at radius 2 is 1.88 bits per heavy atom. The molecular formula is C17H25N3O4S. The van der Waals surface area contributed by atoms with Gasteiger partial charge >= 0.3 is 0 Å². The largest absolute Gasteiger partial charge is 0.494 e. The second kappa shape index (κ2) is 7.99. The number of nitrogens with one attached hydrogen (secondary N) is 1. The Balaban J connectivity index is 2.17. The highest BCUT2D eigenvalue weighted by Crippen LogP contribution is 2.23. The molecule has 25 heavy (non-hydrogen) atoms. The Hall–Kier alpha value is -1.90. The molecule has 1 heterocycles. The van der Waals surface area contributed by atoms with E-state index < -0.39 is 10.0 Å². The zero-order valence-electron chi connectivity index (χ0n) is 15.2. The summed E-state index contributed by atoms with van der Waals surface area (Å²) in [5, 5.41) is 3.71. The van der Waals surface area contributed by atoms with E-state index in [1.54, 1.807) is 13.8 Å². The molecule has 2 aromatic rings. The highest BCUT2D eigenvalue weighted by Gasteiger charge is 2.26. The van der Waals surface area contributed by atoms with Gasteiger partial charge in [0.1, 0.15) is 16.3 Å². The number of aromatic nitrogens is 1. The van der Waals surface area contributed by atoms with Crippen molar-refractivity contribution in [3.63, 3.8) is 0 Å². The van der Waals surface area contributed by atoms with Crippen LogP contribution in [0.15, 0.2) is 33.7 Å². The molecule has 1 aromatic carbocycles. The lowest BCUT2D eigenvalue weighted by atomic mass is 10.1. The van der Waals surface area contributed by atoms with Crippen LogP contribution in [0.25, 0.3) is 0 Å². The number of ether oxygens (including phenoxy) is 1. The average molecular weight is 367 g/mol. The van der Waals surface area contributed by atoms with E-state index in [2.05, 4.69) is 9.88 Å². The first kappa shape index (κ1) is 19.4. The van der Waals surface area contributed by atoms with Crippen LogP contribution >= 0.6 is 0 Å². The van der Waals surface area contributed by atoms with Gasteiger partial charge < -0.3 is 14.2 Å². The van der Waals surface area contributed by atoms with Gasteiger partial charge in [0.2, 0.25) is 10.0 Å². The minimum absolute atomic E-state index is 0.108. The maximum atomic E-state index is 12.6. The van der Waals surface area contributed by atoms with E-state index in [1.165, 1.54) is 0 Å². The minimum Gasteiger partial charge on any atom is -0.494 e. The molecule has 0 bridgehead atoms. The van der Waals surface area contributed by atoms with Crippen molar-refractivity contribution < 1.29 is 17.7 Å². The molecule has 0 aliphatic rings. The van der Waals surface area contributed by atoms with Crippen LogP contribution in [0.5, 0.6) is 5.75 Å². The molecule has 1 unspecified atom stereocenters. The van der Waals surface area contributed by atoms with Crippen molar-refractivity contribution in [3.05, 3.63) is 41.3 Å². The van der Waals surface area contributed by atoms with Crippen LogP contribution in [0.4, 0.5) is 0 Å². The minimum atomic E-state index is -3.69. The summed E-state index contributed by atoms with van der Waals surface area (Å²) in [7, 11) is 0.127. The molecule has 138 valence electrons. The van der Waals surface area contributed by atoms with Gasteiger partial charge in [-0.05, 0) is 52.6 Å².